The number of alkyl halides is 3. The van der Waals surface area contributed by atoms with Crippen molar-refractivity contribution in [1.29, 1.82) is 0 Å². The zero-order chi connectivity index (χ0) is 16.0. The van der Waals surface area contributed by atoms with E-state index in [0.717, 1.165) is 32.0 Å². The molecular weight excluding hydrogens is 301 g/mol. The van der Waals surface area contributed by atoms with Gasteiger partial charge in [0.2, 0.25) is 5.91 Å². The quantitative estimate of drug-likeness (QED) is 0.874. The van der Waals surface area contributed by atoms with Gasteiger partial charge in [-0.2, -0.15) is 0 Å². The van der Waals surface area contributed by atoms with E-state index in [9.17, 15) is 18.0 Å². The third-order valence-corrected chi connectivity index (χ3v) is 3.12. The van der Waals surface area contributed by atoms with Crippen LogP contribution in [0.3, 0.4) is 0 Å². The van der Waals surface area contributed by atoms with E-state index in [4.69, 9.17) is 4.74 Å². The van der Waals surface area contributed by atoms with Gasteiger partial charge in [-0.3, -0.25) is 4.79 Å². The Morgan fingerprint density at radius 1 is 1.27 bits per heavy atom. The molecule has 1 aliphatic rings. The summed E-state index contributed by atoms with van der Waals surface area (Å²) in [6, 6.07) is 5.37. The minimum atomic E-state index is -4.81. The fourth-order valence-corrected chi connectivity index (χ4v) is 2.13. The molecule has 2 rings (SSSR count). The molecule has 0 unspecified atom stereocenters. The van der Waals surface area contributed by atoms with Gasteiger partial charge in [-0.15, -0.1) is 13.2 Å². The Balaban J connectivity index is 1.88. The maximum atomic E-state index is 12.3. The predicted molar refractivity (Wildman–Crippen MR) is 73.6 cm³/mol. The molecule has 1 fully saturated rings. The normalized spacial score (nSPS) is 16.3. The molecule has 2 N–H and O–H groups in total. The molecule has 1 amide bonds. The van der Waals surface area contributed by atoms with Gasteiger partial charge in [-0.05, 0) is 38.1 Å². The summed E-state index contributed by atoms with van der Waals surface area (Å²) in [6.45, 7) is 1.45. The van der Waals surface area contributed by atoms with Crippen LogP contribution in [0.25, 0.3) is 0 Å². The Kier molecular flexibility index (Phi) is 5.62. The number of hydrogen-bond acceptors (Lipinski definition) is 4. The number of carbonyl (C=O) groups is 1. The SMILES string of the molecule is O=C(COC1CCNCC1)Nc1ccccc1OC(F)(F)F. The molecule has 1 aromatic carbocycles. The molecule has 0 saturated carbocycles. The Morgan fingerprint density at radius 2 is 1.95 bits per heavy atom. The number of para-hydroxylation sites is 2. The second-order valence-electron chi connectivity index (χ2n) is 4.85. The molecule has 1 heterocycles. The summed E-state index contributed by atoms with van der Waals surface area (Å²) in [5.74, 6) is -0.970. The van der Waals surface area contributed by atoms with Crippen molar-refractivity contribution in [1.82, 2.24) is 5.32 Å². The highest BCUT2D eigenvalue weighted by atomic mass is 19.4. The molecule has 1 aliphatic heterocycles. The molecule has 122 valence electrons. The van der Waals surface area contributed by atoms with Gasteiger partial charge in [0.05, 0.1) is 11.8 Å². The average Bonchev–Trinajstić information content (AvgIpc) is 2.47. The topological polar surface area (TPSA) is 59.6 Å². The van der Waals surface area contributed by atoms with Gasteiger partial charge in [-0.25, -0.2) is 0 Å². The van der Waals surface area contributed by atoms with Gasteiger partial charge < -0.3 is 20.1 Å². The van der Waals surface area contributed by atoms with E-state index in [1.165, 1.54) is 18.2 Å². The van der Waals surface area contributed by atoms with E-state index in [1.54, 1.807) is 0 Å². The smallest absolute Gasteiger partial charge is 0.404 e. The lowest BCUT2D eigenvalue weighted by Gasteiger charge is -2.22. The van der Waals surface area contributed by atoms with Crippen molar-refractivity contribution in [3.63, 3.8) is 0 Å². The number of nitrogens with one attached hydrogen (secondary N) is 2. The number of piperidine rings is 1. The minimum Gasteiger partial charge on any atom is -0.404 e. The standard InChI is InChI=1S/C14H17F3N2O3/c15-14(16,17)22-12-4-2-1-3-11(12)19-13(20)9-21-10-5-7-18-8-6-10/h1-4,10,18H,5-9H2,(H,19,20). The molecule has 0 aromatic heterocycles. The van der Waals surface area contributed by atoms with Crippen molar-refractivity contribution in [2.45, 2.75) is 25.3 Å². The van der Waals surface area contributed by atoms with Crippen LogP contribution < -0.4 is 15.4 Å². The molecule has 0 radical (unpaired) electrons. The largest absolute Gasteiger partial charge is 0.573 e. The number of carbonyl (C=O) groups excluding carboxylic acids is 1. The van der Waals surface area contributed by atoms with Gasteiger partial charge in [0.15, 0.2) is 5.75 Å². The molecule has 0 spiro atoms. The van der Waals surface area contributed by atoms with Crippen LogP contribution in [0.1, 0.15) is 12.8 Å². The molecule has 0 bridgehead atoms. The number of hydrogen-bond donors (Lipinski definition) is 2. The van der Waals surface area contributed by atoms with Crippen molar-refractivity contribution >= 4 is 11.6 Å². The third kappa shape index (κ3) is 5.53. The van der Waals surface area contributed by atoms with Crippen LogP contribution >= 0.6 is 0 Å². The lowest BCUT2D eigenvalue weighted by molar-refractivity contribution is -0.274. The number of ether oxygens (including phenoxy) is 2. The van der Waals surface area contributed by atoms with Crippen LogP contribution in [-0.2, 0) is 9.53 Å². The van der Waals surface area contributed by atoms with E-state index in [-0.39, 0.29) is 18.4 Å². The molecule has 1 saturated heterocycles. The third-order valence-electron chi connectivity index (χ3n) is 3.12. The highest BCUT2D eigenvalue weighted by Crippen LogP contribution is 2.29. The Bertz CT molecular complexity index is 502. The van der Waals surface area contributed by atoms with E-state index >= 15 is 0 Å². The van der Waals surface area contributed by atoms with Crippen molar-refractivity contribution < 1.29 is 27.4 Å². The Hall–Kier alpha value is -1.80. The zero-order valence-corrected chi connectivity index (χ0v) is 11.8. The number of benzene rings is 1. The van der Waals surface area contributed by atoms with Crippen molar-refractivity contribution in [3.8, 4) is 5.75 Å². The van der Waals surface area contributed by atoms with Crippen LogP contribution in [-0.4, -0.2) is 38.1 Å². The second-order valence-corrected chi connectivity index (χ2v) is 4.85. The lowest BCUT2D eigenvalue weighted by Crippen LogP contribution is -2.34. The van der Waals surface area contributed by atoms with Gasteiger partial charge in [0, 0.05) is 0 Å². The first kappa shape index (κ1) is 16.6. The highest BCUT2D eigenvalue weighted by Gasteiger charge is 2.32. The summed E-state index contributed by atoms with van der Waals surface area (Å²) >= 11 is 0. The first-order valence-electron chi connectivity index (χ1n) is 6.91. The second kappa shape index (κ2) is 7.46. The minimum absolute atomic E-state index is 0.00586. The van der Waals surface area contributed by atoms with Crippen LogP contribution in [0, 0.1) is 0 Å². The number of anilines is 1. The van der Waals surface area contributed by atoms with Crippen molar-refractivity contribution in [3.05, 3.63) is 24.3 Å². The van der Waals surface area contributed by atoms with Crippen LogP contribution in [0.4, 0.5) is 18.9 Å². The number of halogens is 3. The molecule has 5 nitrogen and oxygen atoms in total. The maximum absolute atomic E-state index is 12.3. The summed E-state index contributed by atoms with van der Waals surface area (Å²) < 4.78 is 46.2. The lowest BCUT2D eigenvalue weighted by atomic mass is 10.1. The molecule has 8 heteroatoms. The number of amides is 1. The van der Waals surface area contributed by atoms with E-state index in [1.807, 2.05) is 0 Å². The molecule has 22 heavy (non-hydrogen) atoms. The predicted octanol–water partition coefficient (Wildman–Crippen LogP) is 2.29. The maximum Gasteiger partial charge on any atom is 0.573 e. The summed E-state index contributed by atoms with van der Waals surface area (Å²) in [6.07, 6.45) is -3.21. The Morgan fingerprint density at radius 3 is 2.64 bits per heavy atom. The van der Waals surface area contributed by atoms with Crippen molar-refractivity contribution in [2.24, 2.45) is 0 Å². The fourth-order valence-electron chi connectivity index (χ4n) is 2.13. The number of rotatable bonds is 5. The van der Waals surface area contributed by atoms with Gasteiger partial charge in [0.25, 0.3) is 0 Å². The first-order chi connectivity index (χ1) is 10.4. The highest BCUT2D eigenvalue weighted by molar-refractivity contribution is 5.93. The summed E-state index contributed by atoms with van der Waals surface area (Å²) in [5, 5.41) is 5.54. The molecule has 1 aromatic rings. The molecular formula is C14H17F3N2O3. The van der Waals surface area contributed by atoms with Crippen LogP contribution in [0.15, 0.2) is 24.3 Å². The van der Waals surface area contributed by atoms with Crippen molar-refractivity contribution in [2.75, 3.05) is 25.0 Å². The van der Waals surface area contributed by atoms with E-state index in [0.29, 0.717) is 0 Å². The summed E-state index contributed by atoms with van der Waals surface area (Å²) in [7, 11) is 0. The molecule has 0 atom stereocenters. The molecule has 0 aliphatic carbocycles. The van der Waals surface area contributed by atoms with Gasteiger partial charge in [0.1, 0.15) is 6.61 Å². The summed E-state index contributed by atoms with van der Waals surface area (Å²) in [5.41, 5.74) is -0.0428. The Labute approximate surface area is 125 Å². The zero-order valence-electron chi connectivity index (χ0n) is 11.8. The summed E-state index contributed by atoms with van der Waals surface area (Å²) in [4.78, 5) is 11.8. The monoisotopic (exact) mass is 318 g/mol. The fraction of sp³-hybridized carbons (Fsp3) is 0.500. The first-order valence-corrected chi connectivity index (χ1v) is 6.91. The van der Waals surface area contributed by atoms with E-state index in [2.05, 4.69) is 15.4 Å². The van der Waals surface area contributed by atoms with Gasteiger partial charge >= 0.3 is 6.36 Å². The van der Waals surface area contributed by atoms with Crippen LogP contribution in [0.2, 0.25) is 0 Å². The average molecular weight is 318 g/mol. The van der Waals surface area contributed by atoms with E-state index < -0.39 is 18.0 Å². The van der Waals surface area contributed by atoms with Gasteiger partial charge in [-0.1, -0.05) is 12.1 Å². The van der Waals surface area contributed by atoms with Crippen LogP contribution in [0.5, 0.6) is 5.75 Å².